The van der Waals surface area contributed by atoms with E-state index in [1.54, 1.807) is 17.1 Å². The fourth-order valence-electron chi connectivity index (χ4n) is 2.23. The lowest BCUT2D eigenvalue weighted by Gasteiger charge is -2.26. The van der Waals surface area contributed by atoms with Crippen LogP contribution in [0.5, 0.6) is 0 Å². The van der Waals surface area contributed by atoms with Gasteiger partial charge in [0.1, 0.15) is 11.5 Å². The predicted molar refractivity (Wildman–Crippen MR) is 72.5 cm³/mol. The summed E-state index contributed by atoms with van der Waals surface area (Å²) in [5.74, 6) is 0.754. The number of carbonyl (C=O) groups is 1. The highest BCUT2D eigenvalue weighted by atomic mass is 16.1. The van der Waals surface area contributed by atoms with E-state index in [1.807, 2.05) is 10.8 Å². The third-order valence-corrected chi connectivity index (χ3v) is 3.51. The second-order valence-corrected chi connectivity index (χ2v) is 5.03. The number of nitrogens with zero attached hydrogens (tertiary/aromatic N) is 5. The van der Waals surface area contributed by atoms with Crippen LogP contribution in [-0.2, 0) is 13.0 Å². The monoisotopic (exact) mass is 274 g/mol. The van der Waals surface area contributed by atoms with Crippen LogP contribution in [0.15, 0.2) is 18.6 Å². The van der Waals surface area contributed by atoms with Crippen molar-refractivity contribution in [2.24, 2.45) is 0 Å². The highest BCUT2D eigenvalue weighted by Gasteiger charge is 2.22. The number of ketones is 1. The molecule has 1 fully saturated rings. The minimum atomic E-state index is -0.0351. The van der Waals surface area contributed by atoms with Gasteiger partial charge in [0.2, 0.25) is 0 Å². The Morgan fingerprint density at radius 1 is 1.50 bits per heavy atom. The number of hydrogen-bond donors (Lipinski definition) is 1. The first-order valence-corrected chi connectivity index (χ1v) is 6.93. The molecule has 2 aromatic rings. The van der Waals surface area contributed by atoms with E-state index in [4.69, 9.17) is 0 Å². The summed E-state index contributed by atoms with van der Waals surface area (Å²) in [5, 5.41) is 11.2. The molecule has 3 heterocycles. The third kappa shape index (κ3) is 2.49. The van der Waals surface area contributed by atoms with Gasteiger partial charge in [-0.1, -0.05) is 12.1 Å². The van der Waals surface area contributed by atoms with Crippen molar-refractivity contribution in [1.82, 2.24) is 29.9 Å². The first kappa shape index (κ1) is 13.0. The summed E-state index contributed by atoms with van der Waals surface area (Å²) in [7, 11) is 0. The molecular weight excluding hydrogens is 256 g/mol. The average Bonchev–Trinajstić information content (AvgIpc) is 2.98. The SMILES string of the molecule is CCCn1ccnc1CC(=O)c1cn(C2CNC2)nn1. The van der Waals surface area contributed by atoms with Gasteiger partial charge in [-0.15, -0.1) is 5.10 Å². The Kier molecular flexibility index (Phi) is 3.60. The molecule has 1 aliphatic rings. The summed E-state index contributed by atoms with van der Waals surface area (Å²) in [6.07, 6.45) is 6.66. The van der Waals surface area contributed by atoms with Crippen LogP contribution in [0.25, 0.3) is 0 Å². The number of imidazole rings is 1. The van der Waals surface area contributed by atoms with Gasteiger partial charge < -0.3 is 9.88 Å². The summed E-state index contributed by atoms with van der Waals surface area (Å²) in [5.41, 5.74) is 0.419. The lowest BCUT2D eigenvalue weighted by molar-refractivity contribution is 0.0984. The molecule has 0 bridgehead atoms. The zero-order valence-corrected chi connectivity index (χ0v) is 11.5. The Morgan fingerprint density at radius 3 is 3.05 bits per heavy atom. The van der Waals surface area contributed by atoms with Crippen LogP contribution in [0.1, 0.15) is 35.7 Å². The van der Waals surface area contributed by atoms with Crippen LogP contribution in [0.4, 0.5) is 0 Å². The fourth-order valence-corrected chi connectivity index (χ4v) is 2.23. The highest BCUT2D eigenvalue weighted by molar-refractivity contribution is 5.95. The van der Waals surface area contributed by atoms with Crippen molar-refractivity contribution in [1.29, 1.82) is 0 Å². The van der Waals surface area contributed by atoms with Crippen LogP contribution in [0, 0.1) is 0 Å². The largest absolute Gasteiger partial charge is 0.335 e. The van der Waals surface area contributed by atoms with E-state index >= 15 is 0 Å². The molecule has 0 saturated carbocycles. The number of aryl methyl sites for hydroxylation is 1. The molecule has 0 aliphatic carbocycles. The Bertz CT molecular complexity index is 598. The van der Waals surface area contributed by atoms with Crippen molar-refractivity contribution < 1.29 is 4.79 Å². The van der Waals surface area contributed by atoms with Crippen LogP contribution in [0.2, 0.25) is 0 Å². The minimum absolute atomic E-state index is 0.0351. The normalized spacial score (nSPS) is 15.2. The molecule has 1 saturated heterocycles. The van der Waals surface area contributed by atoms with E-state index in [0.29, 0.717) is 11.7 Å². The third-order valence-electron chi connectivity index (χ3n) is 3.51. The van der Waals surface area contributed by atoms with Crippen molar-refractivity contribution in [2.75, 3.05) is 13.1 Å². The standard InChI is InChI=1S/C13H18N6O/c1-2-4-18-5-3-15-13(18)6-12(20)11-9-19(17-16-11)10-7-14-8-10/h3,5,9-10,14H,2,4,6-8H2,1H3. The van der Waals surface area contributed by atoms with Crippen molar-refractivity contribution in [3.8, 4) is 0 Å². The molecule has 0 unspecified atom stereocenters. The number of hydrogen-bond acceptors (Lipinski definition) is 5. The van der Waals surface area contributed by atoms with Crippen molar-refractivity contribution >= 4 is 5.78 Å². The molecule has 0 radical (unpaired) electrons. The van der Waals surface area contributed by atoms with Gasteiger partial charge in [-0.25, -0.2) is 9.67 Å². The summed E-state index contributed by atoms with van der Waals surface area (Å²) in [6.45, 7) is 4.75. The molecule has 0 amide bonds. The van der Waals surface area contributed by atoms with Gasteiger partial charge in [-0.05, 0) is 6.42 Å². The highest BCUT2D eigenvalue weighted by Crippen LogP contribution is 2.11. The van der Waals surface area contributed by atoms with E-state index in [1.165, 1.54) is 0 Å². The van der Waals surface area contributed by atoms with E-state index in [9.17, 15) is 4.79 Å². The van der Waals surface area contributed by atoms with Crippen LogP contribution >= 0.6 is 0 Å². The summed E-state index contributed by atoms with van der Waals surface area (Å²) >= 11 is 0. The van der Waals surface area contributed by atoms with E-state index < -0.39 is 0 Å². The maximum Gasteiger partial charge on any atom is 0.192 e. The number of nitrogens with one attached hydrogen (secondary N) is 1. The van der Waals surface area contributed by atoms with Gasteiger partial charge in [0, 0.05) is 32.0 Å². The zero-order valence-electron chi connectivity index (χ0n) is 11.5. The van der Waals surface area contributed by atoms with Crippen LogP contribution in [0.3, 0.4) is 0 Å². The number of rotatable bonds is 6. The molecule has 2 aromatic heterocycles. The molecule has 1 N–H and O–H groups in total. The second-order valence-electron chi connectivity index (χ2n) is 5.03. The maximum atomic E-state index is 12.2. The van der Waals surface area contributed by atoms with Crippen LogP contribution < -0.4 is 5.32 Å². The van der Waals surface area contributed by atoms with Gasteiger partial charge in [-0.2, -0.15) is 0 Å². The molecule has 7 heteroatoms. The Balaban J connectivity index is 1.69. The summed E-state index contributed by atoms with van der Waals surface area (Å²) in [6, 6.07) is 0.325. The van der Waals surface area contributed by atoms with E-state index in [-0.39, 0.29) is 12.2 Å². The average molecular weight is 274 g/mol. The van der Waals surface area contributed by atoms with Gasteiger partial charge in [0.05, 0.1) is 18.7 Å². The quantitative estimate of drug-likeness (QED) is 0.774. The van der Waals surface area contributed by atoms with Crippen LogP contribution in [-0.4, -0.2) is 43.4 Å². The van der Waals surface area contributed by atoms with Crippen molar-refractivity contribution in [3.63, 3.8) is 0 Å². The lowest BCUT2D eigenvalue weighted by atomic mass is 10.2. The van der Waals surface area contributed by atoms with Gasteiger partial charge in [-0.3, -0.25) is 4.79 Å². The van der Waals surface area contributed by atoms with Gasteiger partial charge in [0.25, 0.3) is 0 Å². The first-order chi connectivity index (χ1) is 9.78. The second kappa shape index (κ2) is 5.54. The topological polar surface area (TPSA) is 77.6 Å². The van der Waals surface area contributed by atoms with Gasteiger partial charge >= 0.3 is 0 Å². The predicted octanol–water partition coefficient (Wildman–Crippen LogP) is 0.454. The minimum Gasteiger partial charge on any atom is -0.335 e. The van der Waals surface area contributed by atoms with Crippen molar-refractivity contribution in [3.05, 3.63) is 30.1 Å². The van der Waals surface area contributed by atoms with E-state index in [2.05, 4.69) is 27.5 Å². The summed E-state index contributed by atoms with van der Waals surface area (Å²) < 4.78 is 3.78. The molecule has 0 aromatic carbocycles. The molecule has 1 aliphatic heterocycles. The Labute approximate surface area is 117 Å². The molecule has 0 atom stereocenters. The number of aromatic nitrogens is 5. The Morgan fingerprint density at radius 2 is 2.35 bits per heavy atom. The van der Waals surface area contributed by atoms with E-state index in [0.717, 1.165) is 31.9 Å². The molecule has 0 spiro atoms. The molecular formula is C13H18N6O. The van der Waals surface area contributed by atoms with Gasteiger partial charge in [0.15, 0.2) is 5.78 Å². The van der Waals surface area contributed by atoms with Crippen molar-refractivity contribution in [2.45, 2.75) is 32.4 Å². The lowest BCUT2D eigenvalue weighted by Crippen LogP contribution is -2.43. The fraction of sp³-hybridized carbons (Fsp3) is 0.538. The summed E-state index contributed by atoms with van der Waals surface area (Å²) in [4.78, 5) is 16.5. The first-order valence-electron chi connectivity index (χ1n) is 6.93. The molecule has 106 valence electrons. The maximum absolute atomic E-state index is 12.2. The molecule has 7 nitrogen and oxygen atoms in total. The number of Topliss-reactive ketones (excluding diaryl/α,β-unsaturated/α-hetero) is 1. The molecule has 20 heavy (non-hydrogen) atoms. The molecule has 3 rings (SSSR count). The smallest absolute Gasteiger partial charge is 0.192 e. The number of carbonyl (C=O) groups excluding carboxylic acids is 1. The zero-order chi connectivity index (χ0) is 13.9. The Hall–Kier alpha value is -2.02.